The van der Waals surface area contributed by atoms with Crippen molar-refractivity contribution in [2.75, 3.05) is 6.67 Å². The molecule has 0 saturated carbocycles. The number of allylic oxidation sites excluding steroid dienone is 1. The molecule has 9 heavy (non-hydrogen) atoms. The molecule has 0 nitrogen and oxygen atoms in total. The van der Waals surface area contributed by atoms with Crippen LogP contribution in [-0.2, 0) is 0 Å². The molecule has 0 aliphatic rings. The van der Waals surface area contributed by atoms with E-state index in [1.807, 2.05) is 6.08 Å². The summed E-state index contributed by atoms with van der Waals surface area (Å²) in [6.45, 7) is 6.99. The van der Waals surface area contributed by atoms with Gasteiger partial charge in [-0.2, -0.15) is 0 Å². The smallest absolute Gasteiger partial charge is 0.0866 e. The largest absolute Gasteiger partial charge is 0.251 e. The van der Waals surface area contributed by atoms with Gasteiger partial charge in [0.25, 0.3) is 0 Å². The molecule has 0 spiro atoms. The molecule has 0 radical (unpaired) electrons. The van der Waals surface area contributed by atoms with Crippen molar-refractivity contribution in [3.05, 3.63) is 12.7 Å². The summed E-state index contributed by atoms with van der Waals surface area (Å²) in [4.78, 5) is 0. The van der Waals surface area contributed by atoms with E-state index in [4.69, 9.17) is 0 Å². The maximum atomic E-state index is 10.3. The van der Waals surface area contributed by atoms with Crippen LogP contribution in [0.5, 0.6) is 0 Å². The minimum Gasteiger partial charge on any atom is -0.251 e. The van der Waals surface area contributed by atoms with Gasteiger partial charge in [0.1, 0.15) is 0 Å². The van der Waals surface area contributed by atoms with Crippen molar-refractivity contribution in [1.82, 2.24) is 0 Å². The van der Waals surface area contributed by atoms with Gasteiger partial charge in [-0.3, -0.25) is 4.39 Å². The first-order chi connectivity index (χ1) is 4.33. The molecule has 0 amide bonds. The molecular formula is C8H17F. The number of halogens is 1. The second-order valence-electron chi connectivity index (χ2n) is 1.70. The minimum absolute atomic E-state index is 0.250. The highest BCUT2D eigenvalue weighted by Crippen LogP contribution is 1.91. The molecular weight excluding hydrogens is 115 g/mol. The van der Waals surface area contributed by atoms with Crippen molar-refractivity contribution in [3.8, 4) is 0 Å². The first-order valence-electron chi connectivity index (χ1n) is 3.50. The Labute approximate surface area is 57.8 Å². The number of hydrogen-bond donors (Lipinski definition) is 0. The average Bonchev–Trinajstić information content (AvgIpc) is 1.86. The van der Waals surface area contributed by atoms with Crippen molar-refractivity contribution in [3.63, 3.8) is 0 Å². The van der Waals surface area contributed by atoms with Crippen LogP contribution in [0.2, 0.25) is 0 Å². The topological polar surface area (TPSA) is 0 Å². The van der Waals surface area contributed by atoms with Gasteiger partial charge >= 0.3 is 0 Å². The molecule has 0 aliphatic carbocycles. The van der Waals surface area contributed by atoms with Crippen molar-refractivity contribution < 1.29 is 4.39 Å². The molecule has 1 heteroatoms. The van der Waals surface area contributed by atoms with Gasteiger partial charge in [-0.15, -0.1) is 6.58 Å². The molecule has 0 bridgehead atoms. The van der Waals surface area contributed by atoms with E-state index in [1.165, 1.54) is 26.2 Å². The third kappa shape index (κ3) is 34.6. The number of rotatable bonds is 3. The van der Waals surface area contributed by atoms with Crippen LogP contribution in [-0.4, -0.2) is 6.67 Å². The van der Waals surface area contributed by atoms with Crippen molar-refractivity contribution in [1.29, 1.82) is 0 Å². The van der Waals surface area contributed by atoms with Gasteiger partial charge in [0.15, 0.2) is 0 Å². The maximum Gasteiger partial charge on any atom is 0.0866 e. The molecule has 0 aromatic carbocycles. The highest BCUT2D eigenvalue weighted by Gasteiger charge is 1.71. The zero-order valence-corrected chi connectivity index (χ0v) is 6.49. The lowest BCUT2D eigenvalue weighted by atomic mass is 10.3. The van der Waals surface area contributed by atoms with E-state index >= 15 is 0 Å². The van der Waals surface area contributed by atoms with Crippen LogP contribution >= 0.6 is 0 Å². The number of hydrogen-bond acceptors (Lipinski definition) is 0. The first-order valence-corrected chi connectivity index (χ1v) is 3.50. The molecule has 0 heterocycles. The SMILES string of the molecule is C=CCCCC.CCF. The van der Waals surface area contributed by atoms with Crippen LogP contribution in [0.1, 0.15) is 33.1 Å². The Hall–Kier alpha value is -0.330. The van der Waals surface area contributed by atoms with Crippen LogP contribution < -0.4 is 0 Å². The van der Waals surface area contributed by atoms with Crippen LogP contribution in [0.25, 0.3) is 0 Å². The molecule has 0 aromatic rings. The fourth-order valence-electron chi connectivity index (χ4n) is 0.348. The summed E-state index contributed by atoms with van der Waals surface area (Å²) in [5.41, 5.74) is 0. The van der Waals surface area contributed by atoms with E-state index in [0.717, 1.165) is 0 Å². The van der Waals surface area contributed by atoms with Gasteiger partial charge in [0, 0.05) is 0 Å². The molecule has 56 valence electrons. The fourth-order valence-corrected chi connectivity index (χ4v) is 0.348. The normalized spacial score (nSPS) is 7.44. The molecule has 0 unspecified atom stereocenters. The van der Waals surface area contributed by atoms with Crippen LogP contribution in [0.15, 0.2) is 12.7 Å². The second kappa shape index (κ2) is 15.6. The van der Waals surface area contributed by atoms with Gasteiger partial charge < -0.3 is 0 Å². The Morgan fingerprint density at radius 2 is 1.89 bits per heavy atom. The van der Waals surface area contributed by atoms with Gasteiger partial charge in [-0.25, -0.2) is 0 Å². The number of alkyl halides is 1. The summed E-state index contributed by atoms with van der Waals surface area (Å²) in [5, 5.41) is 0. The summed E-state index contributed by atoms with van der Waals surface area (Å²) in [6.07, 6.45) is 5.72. The van der Waals surface area contributed by atoms with E-state index < -0.39 is 0 Å². The summed E-state index contributed by atoms with van der Waals surface area (Å²) >= 11 is 0. The van der Waals surface area contributed by atoms with Crippen LogP contribution in [0.4, 0.5) is 4.39 Å². The van der Waals surface area contributed by atoms with Gasteiger partial charge in [0.05, 0.1) is 6.67 Å². The second-order valence-corrected chi connectivity index (χ2v) is 1.70. The Morgan fingerprint density at radius 3 is 2.00 bits per heavy atom. The Balaban J connectivity index is 0. The lowest BCUT2D eigenvalue weighted by Gasteiger charge is -1.81. The molecule has 0 fully saturated rings. The zero-order valence-electron chi connectivity index (χ0n) is 6.49. The summed E-state index contributed by atoms with van der Waals surface area (Å²) in [6, 6.07) is 0. The number of unbranched alkanes of at least 4 members (excludes halogenated alkanes) is 2. The molecule has 0 aromatic heterocycles. The zero-order chi connectivity index (χ0) is 7.54. The van der Waals surface area contributed by atoms with Crippen molar-refractivity contribution >= 4 is 0 Å². The third-order valence-corrected chi connectivity index (χ3v) is 0.762. The first kappa shape index (κ1) is 11.5. The molecule has 0 rings (SSSR count). The lowest BCUT2D eigenvalue weighted by Crippen LogP contribution is -1.61. The predicted molar refractivity (Wildman–Crippen MR) is 41.4 cm³/mol. The van der Waals surface area contributed by atoms with Gasteiger partial charge in [0.2, 0.25) is 0 Å². The highest BCUT2D eigenvalue weighted by atomic mass is 19.1. The Morgan fingerprint density at radius 1 is 1.44 bits per heavy atom. The predicted octanol–water partition coefficient (Wildman–Crippen LogP) is 3.34. The Bertz CT molecular complexity index is 41.8. The summed E-state index contributed by atoms with van der Waals surface area (Å²) < 4.78 is 10.3. The molecule has 0 aliphatic heterocycles. The highest BCUT2D eigenvalue weighted by molar-refractivity contribution is 4.64. The summed E-state index contributed by atoms with van der Waals surface area (Å²) in [5.74, 6) is 0. The van der Waals surface area contributed by atoms with E-state index in [-0.39, 0.29) is 6.67 Å². The lowest BCUT2D eigenvalue weighted by molar-refractivity contribution is 0.527. The van der Waals surface area contributed by atoms with Gasteiger partial charge in [-0.1, -0.05) is 25.8 Å². The van der Waals surface area contributed by atoms with Crippen molar-refractivity contribution in [2.45, 2.75) is 33.1 Å². The fraction of sp³-hybridized carbons (Fsp3) is 0.750. The minimum atomic E-state index is -0.250. The quantitative estimate of drug-likeness (QED) is 0.408. The maximum absolute atomic E-state index is 10.3. The molecule has 0 N–H and O–H groups in total. The third-order valence-electron chi connectivity index (χ3n) is 0.762. The average molecular weight is 132 g/mol. The molecule has 0 atom stereocenters. The summed E-state index contributed by atoms with van der Waals surface area (Å²) in [7, 11) is 0. The van der Waals surface area contributed by atoms with Crippen molar-refractivity contribution in [2.24, 2.45) is 0 Å². The van der Waals surface area contributed by atoms with Crippen LogP contribution in [0.3, 0.4) is 0 Å². The Kier molecular flexibility index (Phi) is 19.9. The van der Waals surface area contributed by atoms with E-state index in [9.17, 15) is 4.39 Å². The molecule has 0 saturated heterocycles. The van der Waals surface area contributed by atoms with Crippen LogP contribution in [0, 0.1) is 0 Å². The van der Waals surface area contributed by atoms with E-state index in [1.54, 1.807) is 0 Å². The van der Waals surface area contributed by atoms with E-state index in [2.05, 4.69) is 13.5 Å². The monoisotopic (exact) mass is 132 g/mol. The van der Waals surface area contributed by atoms with Gasteiger partial charge in [-0.05, 0) is 13.3 Å². The van der Waals surface area contributed by atoms with E-state index in [0.29, 0.717) is 0 Å². The standard InChI is InChI=1S/C6H12.C2H5F/c1-3-5-6-4-2;1-2-3/h3H,1,4-6H2,2H3;2H2,1H3.